The third-order valence-corrected chi connectivity index (χ3v) is 4.15. The number of nitrogens with two attached hydrogens (primary N) is 1. The number of carbonyl (C=O) groups is 1. The van der Waals surface area contributed by atoms with Crippen molar-refractivity contribution in [3.8, 4) is 23.6 Å². The second kappa shape index (κ2) is 4.99. The fourth-order valence-electron chi connectivity index (χ4n) is 2.18. The number of benzene rings is 1. The Bertz CT molecular complexity index is 684. The summed E-state index contributed by atoms with van der Waals surface area (Å²) in [5, 5.41) is 2.65. The maximum atomic E-state index is 11.9. The molecule has 0 spiro atoms. The molecular weight excluding hydrogens is 270 g/mol. The van der Waals surface area contributed by atoms with E-state index >= 15 is 0 Å². The van der Waals surface area contributed by atoms with Crippen LogP contribution in [-0.4, -0.2) is 17.4 Å². The van der Waals surface area contributed by atoms with E-state index in [1.165, 1.54) is 11.3 Å². The number of hydrogen-bond acceptors (Lipinski definition) is 4. The molecule has 100 valence electrons. The number of thiazole rings is 1. The van der Waals surface area contributed by atoms with Crippen LogP contribution in [0.15, 0.2) is 29.6 Å². The first-order chi connectivity index (χ1) is 9.67. The minimum Gasteiger partial charge on any atom is -0.399 e. The summed E-state index contributed by atoms with van der Waals surface area (Å²) in [5.41, 5.74) is 8.22. The van der Waals surface area contributed by atoms with Crippen molar-refractivity contribution in [2.45, 2.75) is 6.42 Å². The molecule has 0 bridgehead atoms. The molecule has 20 heavy (non-hydrogen) atoms. The number of amides is 1. The third kappa shape index (κ3) is 2.26. The quantitative estimate of drug-likeness (QED) is 0.680. The Hall–Kier alpha value is -2.32. The van der Waals surface area contributed by atoms with Crippen molar-refractivity contribution in [2.24, 2.45) is 5.92 Å². The summed E-state index contributed by atoms with van der Waals surface area (Å²) < 4.78 is 0. The molecule has 1 atom stereocenters. The molecule has 1 saturated heterocycles. The topological polar surface area (TPSA) is 59.2 Å². The van der Waals surface area contributed by atoms with E-state index in [1.807, 2.05) is 29.6 Å². The van der Waals surface area contributed by atoms with E-state index in [1.54, 1.807) is 4.90 Å². The molecule has 2 N–H and O–H groups in total. The first kappa shape index (κ1) is 12.7. The highest BCUT2D eigenvalue weighted by molar-refractivity contribution is 7.14. The smallest absolute Gasteiger partial charge is 0.230 e. The Kier molecular flexibility index (Phi) is 3.17. The van der Waals surface area contributed by atoms with E-state index in [0.29, 0.717) is 18.1 Å². The monoisotopic (exact) mass is 283 g/mol. The molecule has 2 aromatic rings. The van der Waals surface area contributed by atoms with E-state index in [9.17, 15) is 4.79 Å². The van der Waals surface area contributed by atoms with Gasteiger partial charge in [-0.15, -0.1) is 23.7 Å². The van der Waals surface area contributed by atoms with Crippen molar-refractivity contribution >= 4 is 28.1 Å². The molecule has 5 heteroatoms. The summed E-state index contributed by atoms with van der Waals surface area (Å²) in [6.07, 6.45) is 5.80. The summed E-state index contributed by atoms with van der Waals surface area (Å²) in [5.74, 6) is 2.68. The van der Waals surface area contributed by atoms with Crippen LogP contribution in [0.5, 0.6) is 0 Å². The van der Waals surface area contributed by atoms with Gasteiger partial charge in [0.15, 0.2) is 5.13 Å². The van der Waals surface area contributed by atoms with E-state index in [2.05, 4.69) is 10.9 Å². The number of rotatable bonds is 2. The van der Waals surface area contributed by atoms with Gasteiger partial charge in [0.2, 0.25) is 5.91 Å². The van der Waals surface area contributed by atoms with E-state index in [0.717, 1.165) is 16.9 Å². The van der Waals surface area contributed by atoms with Gasteiger partial charge < -0.3 is 5.73 Å². The van der Waals surface area contributed by atoms with Crippen LogP contribution in [-0.2, 0) is 4.79 Å². The Morgan fingerprint density at radius 1 is 1.40 bits per heavy atom. The van der Waals surface area contributed by atoms with Crippen LogP contribution in [0.3, 0.4) is 0 Å². The van der Waals surface area contributed by atoms with Crippen LogP contribution in [0.2, 0.25) is 0 Å². The highest BCUT2D eigenvalue weighted by atomic mass is 32.1. The molecule has 1 fully saturated rings. The van der Waals surface area contributed by atoms with Gasteiger partial charge in [0, 0.05) is 35.5 Å². The minimum atomic E-state index is -0.00799. The van der Waals surface area contributed by atoms with Crippen molar-refractivity contribution in [3.05, 3.63) is 29.6 Å². The zero-order valence-corrected chi connectivity index (χ0v) is 11.6. The molecule has 1 aliphatic rings. The molecule has 0 radical (unpaired) electrons. The van der Waals surface area contributed by atoms with Crippen LogP contribution in [0, 0.1) is 18.3 Å². The lowest BCUT2D eigenvalue weighted by Gasteiger charge is -2.11. The summed E-state index contributed by atoms with van der Waals surface area (Å²) in [6.45, 7) is 0.560. The van der Waals surface area contributed by atoms with E-state index in [4.69, 9.17) is 12.2 Å². The molecule has 4 nitrogen and oxygen atoms in total. The van der Waals surface area contributed by atoms with Gasteiger partial charge in [0.1, 0.15) is 0 Å². The van der Waals surface area contributed by atoms with Crippen molar-refractivity contribution in [1.29, 1.82) is 0 Å². The molecule has 1 unspecified atom stereocenters. The molecule has 0 aliphatic carbocycles. The largest absolute Gasteiger partial charge is 0.399 e. The Balaban J connectivity index is 1.86. The zero-order chi connectivity index (χ0) is 14.1. The molecular formula is C15H13N3OS. The lowest BCUT2D eigenvalue weighted by Crippen LogP contribution is -2.24. The maximum absolute atomic E-state index is 11.9. The summed E-state index contributed by atoms with van der Waals surface area (Å²) in [6, 6.07) is 7.52. The predicted molar refractivity (Wildman–Crippen MR) is 81.3 cm³/mol. The first-order valence-electron chi connectivity index (χ1n) is 6.25. The van der Waals surface area contributed by atoms with Gasteiger partial charge in [-0.05, 0) is 12.1 Å². The number of nitrogens with zero attached hydrogens (tertiary/aromatic N) is 2. The standard InChI is InChI=1S/C15H13N3OS/c1-2-10-7-14(19)18(8-10)15-17-13(9-20-15)11-3-5-12(16)6-4-11/h1,3-6,9-10H,7-8,16H2. The van der Waals surface area contributed by atoms with Crippen molar-refractivity contribution in [3.63, 3.8) is 0 Å². The fourth-order valence-corrected chi connectivity index (χ4v) is 3.04. The fraction of sp³-hybridized carbons (Fsp3) is 0.200. The van der Waals surface area contributed by atoms with Gasteiger partial charge in [-0.25, -0.2) is 4.98 Å². The van der Waals surface area contributed by atoms with Gasteiger partial charge >= 0.3 is 0 Å². The molecule has 1 aromatic carbocycles. The Morgan fingerprint density at radius 3 is 2.80 bits per heavy atom. The third-order valence-electron chi connectivity index (χ3n) is 3.29. The summed E-state index contributed by atoms with van der Waals surface area (Å²) in [4.78, 5) is 18.1. The number of hydrogen-bond donors (Lipinski definition) is 1. The van der Waals surface area contributed by atoms with Crippen molar-refractivity contribution < 1.29 is 4.79 Å². The van der Waals surface area contributed by atoms with Crippen LogP contribution >= 0.6 is 11.3 Å². The van der Waals surface area contributed by atoms with Crippen LogP contribution in [0.4, 0.5) is 10.8 Å². The number of anilines is 2. The molecule has 0 saturated carbocycles. The normalized spacial score (nSPS) is 18.2. The van der Waals surface area contributed by atoms with Crippen LogP contribution in [0.25, 0.3) is 11.3 Å². The number of aromatic nitrogens is 1. The minimum absolute atomic E-state index is 0.00799. The van der Waals surface area contributed by atoms with Gasteiger partial charge in [0.25, 0.3) is 0 Å². The van der Waals surface area contributed by atoms with Gasteiger partial charge in [-0.2, -0.15) is 0 Å². The van der Waals surface area contributed by atoms with Crippen molar-refractivity contribution in [2.75, 3.05) is 17.2 Å². The lowest BCUT2D eigenvalue weighted by atomic mass is 10.1. The Morgan fingerprint density at radius 2 is 2.15 bits per heavy atom. The molecule has 1 amide bonds. The molecule has 2 heterocycles. The second-order valence-corrected chi connectivity index (χ2v) is 5.55. The Labute approximate surface area is 121 Å². The predicted octanol–water partition coefficient (Wildman–Crippen LogP) is 2.38. The summed E-state index contributed by atoms with van der Waals surface area (Å²) in [7, 11) is 0. The maximum Gasteiger partial charge on any atom is 0.230 e. The van der Waals surface area contributed by atoms with Crippen molar-refractivity contribution in [1.82, 2.24) is 4.98 Å². The SMILES string of the molecule is C#CC1CC(=O)N(c2nc(-c3ccc(N)cc3)cs2)C1. The average molecular weight is 283 g/mol. The highest BCUT2D eigenvalue weighted by Crippen LogP contribution is 2.31. The number of terminal acetylenes is 1. The second-order valence-electron chi connectivity index (χ2n) is 4.71. The van der Waals surface area contributed by atoms with Crippen LogP contribution < -0.4 is 10.6 Å². The number of nitrogen functional groups attached to an aromatic ring is 1. The highest BCUT2D eigenvalue weighted by Gasteiger charge is 2.31. The molecule has 1 aromatic heterocycles. The van der Waals surface area contributed by atoms with Crippen LogP contribution in [0.1, 0.15) is 6.42 Å². The van der Waals surface area contributed by atoms with E-state index in [-0.39, 0.29) is 11.8 Å². The van der Waals surface area contributed by atoms with E-state index < -0.39 is 0 Å². The lowest BCUT2D eigenvalue weighted by molar-refractivity contribution is -0.117. The molecule has 1 aliphatic heterocycles. The van der Waals surface area contributed by atoms with Gasteiger partial charge in [-0.3, -0.25) is 9.69 Å². The average Bonchev–Trinajstić information content (AvgIpc) is 3.06. The summed E-state index contributed by atoms with van der Waals surface area (Å²) >= 11 is 1.46. The zero-order valence-electron chi connectivity index (χ0n) is 10.7. The van der Waals surface area contributed by atoms with Gasteiger partial charge in [-0.1, -0.05) is 12.1 Å². The number of carbonyl (C=O) groups excluding carboxylic acids is 1. The molecule has 3 rings (SSSR count). The first-order valence-corrected chi connectivity index (χ1v) is 7.13. The van der Waals surface area contributed by atoms with Gasteiger partial charge in [0.05, 0.1) is 5.69 Å².